The van der Waals surface area contributed by atoms with Gasteiger partial charge in [0.15, 0.2) is 0 Å². The highest BCUT2D eigenvalue weighted by Gasteiger charge is 2.37. The molecule has 6 heteroatoms. The first-order valence-corrected chi connectivity index (χ1v) is 7.45. The molecule has 0 aromatic carbocycles. The van der Waals surface area contributed by atoms with Crippen molar-refractivity contribution >= 4 is 12.3 Å². The Balaban J connectivity index is 2.03. The van der Waals surface area contributed by atoms with Gasteiger partial charge in [-0.25, -0.2) is 0 Å². The lowest BCUT2D eigenvalue weighted by Gasteiger charge is -2.25. The Hall–Kier alpha value is -1.95. The summed E-state index contributed by atoms with van der Waals surface area (Å²) >= 11 is 0. The molecule has 1 N–H and O–H groups in total. The molecule has 1 aliphatic heterocycles. The number of rotatable bonds is 5. The molecular weight excluding hydrogens is 282 g/mol. The molecule has 2 amide bonds. The summed E-state index contributed by atoms with van der Waals surface area (Å²) < 4.78 is 5.94. The molecule has 22 heavy (non-hydrogen) atoms. The number of hydrogen-bond acceptors (Lipinski definition) is 4. The van der Waals surface area contributed by atoms with Crippen LogP contribution in [0.5, 0.6) is 0 Å². The molecular formula is C16H23N3O3. The van der Waals surface area contributed by atoms with Crippen LogP contribution in [-0.2, 0) is 20.7 Å². The van der Waals surface area contributed by atoms with Crippen molar-refractivity contribution < 1.29 is 14.3 Å². The van der Waals surface area contributed by atoms with Crippen LogP contribution in [0.25, 0.3) is 0 Å². The van der Waals surface area contributed by atoms with Crippen LogP contribution in [-0.4, -0.2) is 46.6 Å². The molecule has 0 spiro atoms. The first-order chi connectivity index (χ1) is 10.4. The largest absolute Gasteiger partial charge is 0.371 e. The van der Waals surface area contributed by atoms with E-state index in [1.54, 1.807) is 23.4 Å². The summed E-state index contributed by atoms with van der Waals surface area (Å²) in [5, 5.41) is 2.71. The highest BCUT2D eigenvalue weighted by atomic mass is 16.5. The summed E-state index contributed by atoms with van der Waals surface area (Å²) in [6.45, 7) is 6.43. The predicted molar refractivity (Wildman–Crippen MR) is 81.9 cm³/mol. The minimum Gasteiger partial charge on any atom is -0.371 e. The highest BCUT2D eigenvalue weighted by Crippen LogP contribution is 2.23. The lowest BCUT2D eigenvalue weighted by molar-refractivity contribution is -0.133. The van der Waals surface area contributed by atoms with Crippen LogP contribution in [0, 0.1) is 0 Å². The van der Waals surface area contributed by atoms with Crippen LogP contribution in [0.4, 0.5) is 0 Å². The average molecular weight is 305 g/mol. The quantitative estimate of drug-likeness (QED) is 0.827. The Morgan fingerprint density at radius 2 is 2.32 bits per heavy atom. The van der Waals surface area contributed by atoms with E-state index in [0.29, 0.717) is 19.4 Å². The Bertz CT molecular complexity index is 513. The summed E-state index contributed by atoms with van der Waals surface area (Å²) in [6, 6.07) is 3.67. The van der Waals surface area contributed by atoms with E-state index in [9.17, 15) is 9.59 Å². The number of hydrogen-bond donors (Lipinski definition) is 1. The van der Waals surface area contributed by atoms with Gasteiger partial charge < -0.3 is 15.0 Å². The number of pyridine rings is 1. The number of aromatic nitrogens is 1. The molecule has 1 aromatic rings. The maximum Gasteiger partial charge on any atom is 0.228 e. The van der Waals surface area contributed by atoms with E-state index >= 15 is 0 Å². The number of amides is 2. The molecule has 120 valence electrons. The molecule has 0 aliphatic carbocycles. The topological polar surface area (TPSA) is 71.5 Å². The third-order valence-corrected chi connectivity index (χ3v) is 3.44. The fourth-order valence-corrected chi connectivity index (χ4v) is 2.67. The molecule has 2 rings (SSSR count). The standard InChI is InChI=1S/C16H23N3O3/c1-16(2,3)22-13-8-14(18-11-20)19(10-13)15(21)7-12-5-4-6-17-9-12/h4-6,9,11,13-14H,7-8,10H2,1-3H3,(H,18,20). The van der Waals surface area contributed by atoms with E-state index in [2.05, 4.69) is 10.3 Å². The van der Waals surface area contributed by atoms with Crippen molar-refractivity contribution in [2.75, 3.05) is 6.54 Å². The second-order valence-corrected chi connectivity index (χ2v) is 6.47. The van der Waals surface area contributed by atoms with E-state index in [1.807, 2.05) is 26.8 Å². The summed E-state index contributed by atoms with van der Waals surface area (Å²) in [6.07, 6.45) is 4.48. The summed E-state index contributed by atoms with van der Waals surface area (Å²) in [7, 11) is 0. The van der Waals surface area contributed by atoms with E-state index in [4.69, 9.17) is 4.74 Å². The normalized spacial score (nSPS) is 21.7. The second-order valence-electron chi connectivity index (χ2n) is 6.47. The van der Waals surface area contributed by atoms with E-state index in [-0.39, 0.29) is 30.2 Å². The first-order valence-electron chi connectivity index (χ1n) is 7.45. The van der Waals surface area contributed by atoms with Crippen LogP contribution < -0.4 is 5.32 Å². The van der Waals surface area contributed by atoms with Gasteiger partial charge in [-0.2, -0.15) is 0 Å². The van der Waals surface area contributed by atoms with Gasteiger partial charge >= 0.3 is 0 Å². The summed E-state index contributed by atoms with van der Waals surface area (Å²) in [5.41, 5.74) is 0.580. The molecule has 2 atom stereocenters. The van der Waals surface area contributed by atoms with E-state index < -0.39 is 0 Å². The van der Waals surface area contributed by atoms with Crippen LogP contribution in [0.3, 0.4) is 0 Å². The van der Waals surface area contributed by atoms with Crippen LogP contribution >= 0.6 is 0 Å². The van der Waals surface area contributed by atoms with Crippen molar-refractivity contribution in [2.45, 2.75) is 51.5 Å². The van der Waals surface area contributed by atoms with Gasteiger partial charge in [-0.3, -0.25) is 14.6 Å². The summed E-state index contributed by atoms with van der Waals surface area (Å²) in [4.78, 5) is 29.0. The first kappa shape index (κ1) is 16.4. The molecule has 6 nitrogen and oxygen atoms in total. The number of carbonyl (C=O) groups is 2. The van der Waals surface area contributed by atoms with Gasteiger partial charge in [0.2, 0.25) is 12.3 Å². The molecule has 1 fully saturated rings. The Kier molecular flexibility index (Phi) is 5.13. The Labute approximate surface area is 130 Å². The van der Waals surface area contributed by atoms with Crippen molar-refractivity contribution in [3.8, 4) is 0 Å². The zero-order valence-electron chi connectivity index (χ0n) is 13.3. The molecule has 2 unspecified atom stereocenters. The fourth-order valence-electron chi connectivity index (χ4n) is 2.67. The van der Waals surface area contributed by atoms with Crippen molar-refractivity contribution in [2.24, 2.45) is 0 Å². The van der Waals surface area contributed by atoms with Crippen molar-refractivity contribution in [1.82, 2.24) is 15.2 Å². The van der Waals surface area contributed by atoms with Crippen molar-refractivity contribution in [1.29, 1.82) is 0 Å². The van der Waals surface area contributed by atoms with Crippen molar-refractivity contribution in [3.05, 3.63) is 30.1 Å². The van der Waals surface area contributed by atoms with Crippen LogP contribution in [0.2, 0.25) is 0 Å². The minimum atomic E-state index is -0.311. The van der Waals surface area contributed by atoms with Gasteiger partial charge in [-0.05, 0) is 32.4 Å². The highest BCUT2D eigenvalue weighted by molar-refractivity contribution is 5.79. The molecule has 0 saturated carbocycles. The number of likely N-dealkylation sites (tertiary alicyclic amines) is 1. The van der Waals surface area contributed by atoms with Crippen LogP contribution in [0.15, 0.2) is 24.5 Å². The lowest BCUT2D eigenvalue weighted by Crippen LogP contribution is -2.44. The molecule has 2 heterocycles. The van der Waals surface area contributed by atoms with Gasteiger partial charge in [0.25, 0.3) is 0 Å². The third-order valence-electron chi connectivity index (χ3n) is 3.44. The molecule has 1 saturated heterocycles. The number of nitrogens with one attached hydrogen (secondary N) is 1. The van der Waals surface area contributed by atoms with Gasteiger partial charge in [0.05, 0.1) is 18.1 Å². The van der Waals surface area contributed by atoms with Gasteiger partial charge in [0, 0.05) is 25.4 Å². The second kappa shape index (κ2) is 6.87. The van der Waals surface area contributed by atoms with Crippen LogP contribution in [0.1, 0.15) is 32.8 Å². The number of nitrogens with zero attached hydrogens (tertiary/aromatic N) is 2. The monoisotopic (exact) mass is 305 g/mol. The fraction of sp³-hybridized carbons (Fsp3) is 0.562. The SMILES string of the molecule is CC(C)(C)OC1CC(NC=O)N(C(=O)Cc2cccnc2)C1. The lowest BCUT2D eigenvalue weighted by atomic mass is 10.1. The minimum absolute atomic E-state index is 0.0349. The van der Waals surface area contributed by atoms with Gasteiger partial charge in [-0.1, -0.05) is 6.07 Å². The van der Waals surface area contributed by atoms with Gasteiger partial charge in [-0.15, -0.1) is 0 Å². The van der Waals surface area contributed by atoms with Gasteiger partial charge in [0.1, 0.15) is 6.17 Å². The Morgan fingerprint density at radius 1 is 1.55 bits per heavy atom. The zero-order valence-corrected chi connectivity index (χ0v) is 13.3. The van der Waals surface area contributed by atoms with E-state index in [1.165, 1.54) is 0 Å². The number of ether oxygens (including phenoxy) is 1. The Morgan fingerprint density at radius 3 is 2.91 bits per heavy atom. The third kappa shape index (κ3) is 4.53. The molecule has 0 bridgehead atoms. The maximum atomic E-state index is 12.5. The maximum absolute atomic E-state index is 12.5. The number of carbonyl (C=O) groups excluding carboxylic acids is 2. The molecule has 1 aromatic heterocycles. The zero-order chi connectivity index (χ0) is 16.2. The smallest absolute Gasteiger partial charge is 0.228 e. The average Bonchev–Trinajstić information content (AvgIpc) is 2.81. The van der Waals surface area contributed by atoms with Crippen molar-refractivity contribution in [3.63, 3.8) is 0 Å². The summed E-state index contributed by atoms with van der Waals surface area (Å²) in [5.74, 6) is -0.0349. The molecule has 1 aliphatic rings. The predicted octanol–water partition coefficient (Wildman–Crippen LogP) is 1.11. The molecule has 0 radical (unpaired) electrons. The van der Waals surface area contributed by atoms with E-state index in [0.717, 1.165) is 5.56 Å².